The third-order valence-corrected chi connectivity index (χ3v) is 20.8. The zero-order valence-corrected chi connectivity index (χ0v) is 97.6. The second-order valence-corrected chi connectivity index (χ2v) is 38.7. The fourth-order valence-corrected chi connectivity index (χ4v) is 12.8. The Balaban J connectivity index is -0.000000193. The largest absolute Gasteiger partial charge is 0.381 e. The van der Waals surface area contributed by atoms with Gasteiger partial charge in [0.25, 0.3) is 0 Å². The van der Waals surface area contributed by atoms with E-state index in [1.807, 2.05) is 217 Å². The molecule has 0 bridgehead atoms. The van der Waals surface area contributed by atoms with Gasteiger partial charge in [0.15, 0.2) is 0 Å². The SMILES string of the molecule is CC(=O)CC(C)=O.CC(=O)CC(C)=O.CC(=O)CC(C)=O.CC(C)(C)C(=O)CC(=O)C(C)(C)C.CC(C)(C)C(=O)CC(=O)C(C)(C)C.CC(C)(C)c1c[c-]c(-c2nccc3ccccc23)cc1.Cc1cc(-c2nccc3ccccc23)[c-]cc1F.Cc1cc[c-]c(-c2cc3ccccc3cn2)c1.FC(F)(F)c1c[c-]c(-c2nccc3ccccc23)cc1.Fc1[c-]c(-c2nccc3ccccc23)cc(F)c1.[2HH].[2HH].[2HH].[2HH].[2HH].[2HH].[2HH].[2H][2H].[2H][2H].[2H][2H].[Ir].[Ir].[Ir].[Ir].[Ir]. The Labute approximate surface area is 935 Å². The van der Waals surface area contributed by atoms with Crippen molar-refractivity contribution < 1.29 is 194 Å². The van der Waals surface area contributed by atoms with Crippen molar-refractivity contribution in [2.45, 2.75) is 203 Å². The summed E-state index contributed by atoms with van der Waals surface area (Å²) < 4.78 is 107. The number of aromatic nitrogens is 5. The summed E-state index contributed by atoms with van der Waals surface area (Å²) in [5.41, 5.74) is 8.77. The summed E-state index contributed by atoms with van der Waals surface area (Å²) in [4.78, 5) is 128. The standard InChI is InChI=1S/C19H18N.C16H9F3N.C16H11FN.C16H12N.C15H8F2N.2C11H20O2.3C5H8O2.5Ir.10H2/c1-19(2,3)16-10-8-15(9-11-16)18-17-7-5-4-6-14(17)12-13-20-18;17-16(18,19)13-7-5-12(6-8-13)15-14-4-2-1-3-11(14)9-10-20-15;1-11-10-13(6-7-15(11)17)16-14-5-3-2-4-12(14)8-9-18-16;1-12-5-4-8-14(9-12)16-10-13-6-2-3-7-15(13)11-17-16;16-12-7-11(8-13(17)9-12)15-14-4-2-1-3-10(14)5-6-18-15;2*1-10(2,3)8(12)7-9(13)11(4,5)6;3*1-4(6)3-5(2)7;;;;;;;;;;;;;;;/h4-8,10-13H,1-3H3;1-5,7-10H;2-5,7-10H,1H3;2-7,9-11H,1H3;1-7,9H;2*7H2,1-6H3;3*3H2,1-2H3;;;;;;10*1H/q5*-1;;;;;;;;;;;;;;;;;;;;/i;;;;;;;;;;;;;;;3*1+1D;7*1+1. The van der Waals surface area contributed by atoms with Gasteiger partial charge in [0.05, 0.1) is 32.1 Å². The van der Waals surface area contributed by atoms with Crippen molar-refractivity contribution in [3.8, 4) is 56.3 Å². The molecular formula is C119H142F6Ir5N5O10-5. The molecule has 26 heteroatoms. The molecule has 0 unspecified atom stereocenters. The van der Waals surface area contributed by atoms with Gasteiger partial charge in [0.2, 0.25) is 0 Å². The molecule has 0 aliphatic heterocycles. The first-order chi connectivity index (χ1) is 68.4. The molecule has 10 aromatic carbocycles. The van der Waals surface area contributed by atoms with Gasteiger partial charge in [0, 0.05) is 190 Å². The Bertz CT molecular complexity index is 6560. The summed E-state index contributed by atoms with van der Waals surface area (Å²) >= 11 is 0. The number of carbonyl (C=O) groups is 10. The number of ketones is 10. The predicted molar refractivity (Wildman–Crippen MR) is 569 cm³/mol. The first-order valence-electron chi connectivity index (χ1n) is 48.4. The van der Waals surface area contributed by atoms with Crippen LogP contribution in [0.2, 0.25) is 0 Å². The van der Waals surface area contributed by atoms with E-state index in [9.17, 15) is 74.3 Å². The molecule has 5 aromatic heterocycles. The summed E-state index contributed by atoms with van der Waals surface area (Å²) in [6.45, 7) is 41.0. The van der Waals surface area contributed by atoms with Crippen LogP contribution in [0.4, 0.5) is 26.3 Å². The van der Waals surface area contributed by atoms with E-state index in [0.717, 1.165) is 84.3 Å². The van der Waals surface area contributed by atoms with Crippen LogP contribution < -0.4 is 0 Å². The summed E-state index contributed by atoms with van der Waals surface area (Å²) in [6, 6.07) is 85.4. The summed E-state index contributed by atoms with van der Waals surface area (Å²) in [6.07, 6.45) is 4.84. The van der Waals surface area contributed by atoms with Crippen LogP contribution in [0.15, 0.2) is 262 Å². The summed E-state index contributed by atoms with van der Waals surface area (Å²) in [5, 5.41) is 10.7. The molecule has 0 N–H and O–H groups in total. The van der Waals surface area contributed by atoms with E-state index in [2.05, 4.69) is 150 Å². The van der Waals surface area contributed by atoms with Gasteiger partial charge < -0.3 is 24.9 Å². The minimum absolute atomic E-state index is 0. The Morgan fingerprint density at radius 2 is 0.634 bits per heavy atom. The number of Topliss-reactive ketones (excluding diaryl/α,β-unsaturated/α-hetero) is 10. The number of halogens is 6. The van der Waals surface area contributed by atoms with Gasteiger partial charge in [-0.25, -0.2) is 8.78 Å². The number of hydrogen-bond acceptors (Lipinski definition) is 15. The summed E-state index contributed by atoms with van der Waals surface area (Å²) in [7, 11) is 0. The van der Waals surface area contributed by atoms with Crippen LogP contribution in [0.25, 0.3) is 110 Å². The first-order valence-corrected chi connectivity index (χ1v) is 45.4. The van der Waals surface area contributed by atoms with E-state index in [0.29, 0.717) is 28.1 Å². The van der Waals surface area contributed by atoms with Crippen LogP contribution in [0, 0.1) is 83.3 Å². The van der Waals surface area contributed by atoms with Crippen LogP contribution in [0.3, 0.4) is 0 Å². The molecule has 0 atom stereocenters. The molecule has 0 amide bonds. The van der Waals surface area contributed by atoms with Crippen LogP contribution in [0.5, 0.6) is 0 Å². The topological polar surface area (TPSA) is 235 Å². The number of alkyl halides is 3. The quantitative estimate of drug-likeness (QED) is 0.0527. The van der Waals surface area contributed by atoms with Crippen molar-refractivity contribution >= 4 is 112 Å². The van der Waals surface area contributed by atoms with Crippen molar-refractivity contribution in [2.24, 2.45) is 21.7 Å². The van der Waals surface area contributed by atoms with Crippen LogP contribution in [-0.2, 0) is 160 Å². The number of pyridine rings is 5. The van der Waals surface area contributed by atoms with Crippen molar-refractivity contribution in [2.75, 3.05) is 0 Å². The third kappa shape index (κ3) is 45.3. The molecule has 15 aromatic rings. The summed E-state index contributed by atoms with van der Waals surface area (Å²) in [5.74, 6) is -1.88. The monoisotopic (exact) mass is 2890 g/mol. The number of benzene rings is 10. The molecule has 145 heavy (non-hydrogen) atoms. The second kappa shape index (κ2) is 61.4. The minimum atomic E-state index is -4.35. The van der Waals surface area contributed by atoms with Gasteiger partial charge >= 0.3 is 6.18 Å². The van der Waals surface area contributed by atoms with Gasteiger partial charge in [-0.3, -0.25) is 52.3 Å². The van der Waals surface area contributed by atoms with E-state index >= 15 is 0 Å². The smallest absolute Gasteiger partial charge is 0.304 e. The fourth-order valence-electron chi connectivity index (χ4n) is 12.8. The van der Waals surface area contributed by atoms with E-state index in [1.54, 1.807) is 31.6 Å². The van der Waals surface area contributed by atoms with Gasteiger partial charge in [-0.1, -0.05) is 257 Å². The number of aryl methyl sites for hydroxylation is 2. The zero-order valence-electron chi connectivity index (χ0n) is 91.6. The average Bonchev–Trinajstić information content (AvgIpc) is 0.803. The number of nitrogens with zero attached hydrogens (tertiary/aromatic N) is 5. The number of fused-ring (bicyclic) bond motifs is 5. The molecule has 795 valence electrons. The van der Waals surface area contributed by atoms with Crippen molar-refractivity contribution in [3.05, 3.63) is 332 Å². The Morgan fingerprint density at radius 1 is 0.317 bits per heavy atom. The molecule has 0 saturated carbocycles. The Hall–Kier alpha value is -11.2. The molecule has 0 spiro atoms. The minimum Gasteiger partial charge on any atom is -0.304 e. The predicted octanol–water partition coefficient (Wildman–Crippen LogP) is 31.2. The van der Waals surface area contributed by atoms with Crippen molar-refractivity contribution in [1.82, 2.24) is 24.9 Å². The molecule has 5 radical (unpaired) electrons. The Morgan fingerprint density at radius 3 is 0.931 bits per heavy atom. The van der Waals surface area contributed by atoms with Gasteiger partial charge in [0.1, 0.15) is 57.8 Å². The molecule has 0 aliphatic carbocycles. The third-order valence-electron chi connectivity index (χ3n) is 20.8. The van der Waals surface area contributed by atoms with Crippen molar-refractivity contribution in [3.63, 3.8) is 0 Å². The fraction of sp³-hybridized carbons (Fsp3) is 0.286. The van der Waals surface area contributed by atoms with E-state index in [1.165, 1.54) is 92.4 Å². The second-order valence-electron chi connectivity index (χ2n) is 38.7. The van der Waals surface area contributed by atoms with Crippen LogP contribution in [-0.4, -0.2) is 82.8 Å². The molecule has 15 rings (SSSR count). The van der Waals surface area contributed by atoms with Crippen molar-refractivity contribution in [1.29, 1.82) is 0 Å². The average molecular weight is 2890 g/mol. The van der Waals surface area contributed by atoms with Gasteiger partial charge in [-0.15, -0.1) is 142 Å². The van der Waals surface area contributed by atoms with Gasteiger partial charge in [-0.2, -0.15) is 13.2 Å². The van der Waals surface area contributed by atoms with Crippen LogP contribution >= 0.6 is 0 Å². The number of carbonyl (C=O) groups excluding carboxylic acids is 10. The molecule has 0 saturated heterocycles. The molecule has 15 nitrogen and oxygen atoms in total. The van der Waals surface area contributed by atoms with Crippen LogP contribution in [0.1, 0.15) is 219 Å². The maximum absolute atomic E-state index is 13.3. The molecular weight excluding hydrogens is 2730 g/mol. The molecule has 5 heterocycles. The normalized spacial score (nSPS) is 10.8. The number of rotatable bonds is 15. The van der Waals surface area contributed by atoms with E-state index in [4.69, 9.17) is 8.91 Å². The van der Waals surface area contributed by atoms with E-state index < -0.39 is 45.0 Å². The first kappa shape index (κ1) is 126. The molecule has 0 fully saturated rings. The maximum atomic E-state index is 13.3. The van der Waals surface area contributed by atoms with E-state index in [-0.39, 0.29) is 212 Å². The van der Waals surface area contributed by atoms with Gasteiger partial charge in [-0.05, 0) is 159 Å². The maximum Gasteiger partial charge on any atom is 0.381 e. The number of hydrogen-bond donors (Lipinski definition) is 0. The zero-order chi connectivity index (χ0) is 110. The molecule has 0 aliphatic rings. The Kier molecular flexibility index (Phi) is 53.4.